The van der Waals surface area contributed by atoms with E-state index >= 15 is 0 Å². The lowest BCUT2D eigenvalue weighted by Crippen LogP contribution is -2.16. The number of para-hydroxylation sites is 1. The number of aryl methyl sites for hydroxylation is 1. The van der Waals surface area contributed by atoms with Crippen molar-refractivity contribution in [2.45, 2.75) is 6.92 Å². The van der Waals surface area contributed by atoms with E-state index in [1.165, 1.54) is 24.5 Å². The maximum atomic E-state index is 12.1. The van der Waals surface area contributed by atoms with Crippen LogP contribution in [0.2, 0.25) is 5.02 Å². The Kier molecular flexibility index (Phi) is 4.00. The zero-order chi connectivity index (χ0) is 14.7. The van der Waals surface area contributed by atoms with Gasteiger partial charge in [0.05, 0.1) is 21.8 Å². The molecule has 0 aliphatic heterocycles. The molecule has 1 aromatic heterocycles. The number of hydrogen-bond donors (Lipinski definition) is 2. The molecule has 0 saturated heterocycles. The van der Waals surface area contributed by atoms with Crippen molar-refractivity contribution in [1.29, 1.82) is 0 Å². The molecule has 0 radical (unpaired) electrons. The average Bonchev–Trinajstić information content (AvgIpc) is 2.41. The number of benzene rings is 1. The monoisotopic (exact) mass is 290 g/mol. The smallest absolute Gasteiger partial charge is 0.337 e. The van der Waals surface area contributed by atoms with Crippen molar-refractivity contribution >= 4 is 29.2 Å². The fourth-order valence-electron chi connectivity index (χ4n) is 1.75. The minimum Gasteiger partial charge on any atom is -0.478 e. The Morgan fingerprint density at radius 2 is 2.00 bits per heavy atom. The van der Waals surface area contributed by atoms with E-state index in [0.717, 1.165) is 0 Å². The number of anilines is 1. The number of aromatic nitrogens is 1. The second-order valence-electron chi connectivity index (χ2n) is 4.11. The Hall–Kier alpha value is -2.40. The number of carboxylic acids is 1. The topological polar surface area (TPSA) is 79.3 Å². The largest absolute Gasteiger partial charge is 0.478 e. The summed E-state index contributed by atoms with van der Waals surface area (Å²) in [6.07, 6.45) is 2.79. The molecule has 0 aliphatic rings. The van der Waals surface area contributed by atoms with Crippen LogP contribution in [0.5, 0.6) is 0 Å². The van der Waals surface area contributed by atoms with Crippen molar-refractivity contribution < 1.29 is 14.7 Å². The summed E-state index contributed by atoms with van der Waals surface area (Å²) < 4.78 is 0. The van der Waals surface area contributed by atoms with Crippen molar-refractivity contribution in [3.05, 3.63) is 58.4 Å². The molecule has 0 fully saturated rings. The molecule has 1 aromatic carbocycles. The molecule has 0 bridgehead atoms. The molecule has 102 valence electrons. The Bertz CT molecular complexity index is 686. The number of hydrogen-bond acceptors (Lipinski definition) is 3. The molecule has 2 rings (SSSR count). The molecular formula is C14H11ClN2O3. The zero-order valence-corrected chi connectivity index (χ0v) is 11.3. The minimum absolute atomic E-state index is 0.0310. The van der Waals surface area contributed by atoms with Crippen molar-refractivity contribution in [3.63, 3.8) is 0 Å². The molecule has 5 nitrogen and oxygen atoms in total. The number of carbonyl (C=O) groups excluding carboxylic acids is 1. The predicted octanol–water partition coefficient (Wildman–Crippen LogP) is 2.99. The third-order valence-electron chi connectivity index (χ3n) is 2.76. The van der Waals surface area contributed by atoms with E-state index in [1.54, 1.807) is 19.1 Å². The highest BCUT2D eigenvalue weighted by atomic mass is 35.5. The first-order chi connectivity index (χ1) is 9.50. The van der Waals surface area contributed by atoms with Crippen LogP contribution >= 0.6 is 11.6 Å². The van der Waals surface area contributed by atoms with Crippen LogP contribution in [-0.4, -0.2) is 22.0 Å². The standard InChI is InChI=1S/C14H11ClN2O3/c1-8-3-2-4-10(14(19)20)12(8)17-13(18)9-5-6-16-7-11(9)15/h2-7H,1H3,(H,17,18)(H,19,20). The molecule has 0 atom stereocenters. The molecule has 0 unspecified atom stereocenters. The summed E-state index contributed by atoms with van der Waals surface area (Å²) >= 11 is 5.89. The highest BCUT2D eigenvalue weighted by Gasteiger charge is 2.16. The van der Waals surface area contributed by atoms with Crippen LogP contribution in [0, 0.1) is 6.92 Å². The molecule has 0 spiro atoms. The number of nitrogens with zero attached hydrogens (tertiary/aromatic N) is 1. The van der Waals surface area contributed by atoms with Gasteiger partial charge in [0.15, 0.2) is 0 Å². The Labute approximate surface area is 120 Å². The van der Waals surface area contributed by atoms with Crippen molar-refractivity contribution in [3.8, 4) is 0 Å². The zero-order valence-electron chi connectivity index (χ0n) is 10.6. The van der Waals surface area contributed by atoms with E-state index in [-0.39, 0.29) is 21.8 Å². The van der Waals surface area contributed by atoms with Gasteiger partial charge in [-0.25, -0.2) is 4.79 Å². The van der Waals surface area contributed by atoms with Crippen LogP contribution in [0.15, 0.2) is 36.7 Å². The Morgan fingerprint density at radius 1 is 1.25 bits per heavy atom. The van der Waals surface area contributed by atoms with Crippen LogP contribution in [-0.2, 0) is 0 Å². The lowest BCUT2D eigenvalue weighted by molar-refractivity contribution is 0.0698. The van der Waals surface area contributed by atoms with Crippen LogP contribution in [0.25, 0.3) is 0 Å². The summed E-state index contributed by atoms with van der Waals surface area (Å²) in [7, 11) is 0. The first-order valence-electron chi connectivity index (χ1n) is 5.74. The third kappa shape index (κ3) is 2.78. The lowest BCUT2D eigenvalue weighted by atomic mass is 10.1. The average molecular weight is 291 g/mol. The fraction of sp³-hybridized carbons (Fsp3) is 0.0714. The number of nitrogens with one attached hydrogen (secondary N) is 1. The molecule has 0 saturated carbocycles. The maximum Gasteiger partial charge on any atom is 0.337 e. The summed E-state index contributed by atoms with van der Waals surface area (Å²) in [5.41, 5.74) is 1.19. The van der Waals surface area contributed by atoms with Crippen LogP contribution < -0.4 is 5.32 Å². The summed E-state index contributed by atoms with van der Waals surface area (Å²) in [6, 6.07) is 6.24. The van der Waals surface area contributed by atoms with E-state index in [4.69, 9.17) is 16.7 Å². The normalized spacial score (nSPS) is 10.1. The van der Waals surface area contributed by atoms with Gasteiger partial charge in [0, 0.05) is 12.4 Å². The number of aromatic carboxylic acids is 1. The van der Waals surface area contributed by atoms with E-state index in [9.17, 15) is 9.59 Å². The third-order valence-corrected chi connectivity index (χ3v) is 3.06. The van der Waals surface area contributed by atoms with Gasteiger partial charge in [-0.2, -0.15) is 0 Å². The number of pyridine rings is 1. The predicted molar refractivity (Wildman–Crippen MR) is 75.3 cm³/mol. The van der Waals surface area contributed by atoms with E-state index in [0.29, 0.717) is 5.56 Å². The van der Waals surface area contributed by atoms with Crippen LogP contribution in [0.3, 0.4) is 0 Å². The molecule has 1 heterocycles. The number of rotatable bonds is 3. The molecule has 6 heteroatoms. The van der Waals surface area contributed by atoms with E-state index in [1.807, 2.05) is 0 Å². The highest BCUT2D eigenvalue weighted by molar-refractivity contribution is 6.34. The second-order valence-corrected chi connectivity index (χ2v) is 4.52. The van der Waals surface area contributed by atoms with Gasteiger partial charge in [-0.15, -0.1) is 0 Å². The summed E-state index contributed by atoms with van der Waals surface area (Å²) in [5.74, 6) is -1.58. The van der Waals surface area contributed by atoms with Gasteiger partial charge in [0.1, 0.15) is 0 Å². The number of carbonyl (C=O) groups is 2. The van der Waals surface area contributed by atoms with Gasteiger partial charge in [0.2, 0.25) is 0 Å². The van der Waals surface area contributed by atoms with Crippen LogP contribution in [0.4, 0.5) is 5.69 Å². The van der Waals surface area contributed by atoms with E-state index < -0.39 is 11.9 Å². The molecule has 2 N–H and O–H groups in total. The van der Waals surface area contributed by atoms with Crippen molar-refractivity contribution in [1.82, 2.24) is 4.98 Å². The molecule has 20 heavy (non-hydrogen) atoms. The van der Waals surface area contributed by atoms with Crippen molar-refractivity contribution in [2.75, 3.05) is 5.32 Å². The molecule has 0 aliphatic carbocycles. The van der Waals surface area contributed by atoms with Gasteiger partial charge in [0.25, 0.3) is 5.91 Å². The van der Waals surface area contributed by atoms with E-state index in [2.05, 4.69) is 10.3 Å². The van der Waals surface area contributed by atoms with Gasteiger partial charge in [-0.05, 0) is 24.6 Å². The summed E-state index contributed by atoms with van der Waals surface area (Å²) in [6.45, 7) is 1.72. The Balaban J connectivity index is 2.38. The SMILES string of the molecule is Cc1cccc(C(=O)O)c1NC(=O)c1ccncc1Cl. The number of carboxylic acid groups (broad SMARTS) is 1. The fourth-order valence-corrected chi connectivity index (χ4v) is 1.96. The summed E-state index contributed by atoms with van der Waals surface area (Å²) in [4.78, 5) is 27.1. The van der Waals surface area contributed by atoms with Crippen molar-refractivity contribution in [2.24, 2.45) is 0 Å². The first kappa shape index (κ1) is 14.0. The van der Waals surface area contributed by atoms with Gasteiger partial charge < -0.3 is 10.4 Å². The second kappa shape index (κ2) is 5.71. The first-order valence-corrected chi connectivity index (χ1v) is 6.12. The summed E-state index contributed by atoms with van der Waals surface area (Å²) in [5, 5.41) is 11.9. The highest BCUT2D eigenvalue weighted by Crippen LogP contribution is 2.22. The molecule has 2 aromatic rings. The maximum absolute atomic E-state index is 12.1. The Morgan fingerprint density at radius 3 is 2.65 bits per heavy atom. The van der Waals surface area contributed by atoms with Gasteiger partial charge in [-0.1, -0.05) is 23.7 Å². The minimum atomic E-state index is -1.11. The lowest BCUT2D eigenvalue weighted by Gasteiger charge is -2.12. The number of halogens is 1. The van der Waals surface area contributed by atoms with Crippen LogP contribution in [0.1, 0.15) is 26.3 Å². The quantitative estimate of drug-likeness (QED) is 0.911. The molecular weight excluding hydrogens is 280 g/mol. The van der Waals surface area contributed by atoms with Gasteiger partial charge in [-0.3, -0.25) is 9.78 Å². The molecule has 1 amide bonds. The van der Waals surface area contributed by atoms with Gasteiger partial charge >= 0.3 is 5.97 Å². The number of amides is 1.